The Hall–Kier alpha value is -1.51. The van der Waals surface area contributed by atoms with Gasteiger partial charge in [-0.3, -0.25) is 4.72 Å². The van der Waals surface area contributed by atoms with Gasteiger partial charge in [0.15, 0.2) is 0 Å². The SMILES string of the molecule is CCCS(=O)(=O)Nc1ccc(C#CCN)cc1CC. The van der Waals surface area contributed by atoms with Crippen LogP contribution in [0.15, 0.2) is 18.2 Å². The second-order valence-electron chi connectivity index (χ2n) is 4.15. The van der Waals surface area contributed by atoms with Gasteiger partial charge in [0.2, 0.25) is 10.0 Å². The van der Waals surface area contributed by atoms with Gasteiger partial charge in [-0.1, -0.05) is 25.7 Å². The predicted octanol–water partition coefficient (Wildman–Crippen LogP) is 1.71. The summed E-state index contributed by atoms with van der Waals surface area (Å²) in [5, 5.41) is 0. The summed E-state index contributed by atoms with van der Waals surface area (Å²) in [5.74, 6) is 5.85. The molecule has 0 saturated heterocycles. The molecule has 1 aromatic rings. The fourth-order valence-corrected chi connectivity index (χ4v) is 2.88. The van der Waals surface area contributed by atoms with E-state index >= 15 is 0 Å². The lowest BCUT2D eigenvalue weighted by molar-refractivity contribution is 0.600. The van der Waals surface area contributed by atoms with E-state index < -0.39 is 10.0 Å². The van der Waals surface area contributed by atoms with Crippen LogP contribution in [0.4, 0.5) is 5.69 Å². The molecule has 0 bridgehead atoms. The molecule has 0 aromatic heterocycles. The van der Waals surface area contributed by atoms with E-state index in [0.717, 1.165) is 17.5 Å². The van der Waals surface area contributed by atoms with Crippen molar-refractivity contribution < 1.29 is 8.42 Å². The number of sulfonamides is 1. The molecule has 1 rings (SSSR count). The summed E-state index contributed by atoms with van der Waals surface area (Å²) in [6, 6.07) is 5.45. The van der Waals surface area contributed by atoms with Crippen molar-refractivity contribution in [3.05, 3.63) is 29.3 Å². The Morgan fingerprint density at radius 3 is 2.63 bits per heavy atom. The van der Waals surface area contributed by atoms with Crippen LogP contribution in [-0.2, 0) is 16.4 Å². The van der Waals surface area contributed by atoms with Crippen LogP contribution in [-0.4, -0.2) is 20.7 Å². The van der Waals surface area contributed by atoms with Crippen molar-refractivity contribution in [2.75, 3.05) is 17.0 Å². The molecular weight excluding hydrogens is 260 g/mol. The topological polar surface area (TPSA) is 72.2 Å². The van der Waals surface area contributed by atoms with E-state index in [0.29, 0.717) is 18.7 Å². The van der Waals surface area contributed by atoms with Gasteiger partial charge >= 0.3 is 0 Å². The van der Waals surface area contributed by atoms with E-state index in [1.807, 2.05) is 19.9 Å². The summed E-state index contributed by atoms with van der Waals surface area (Å²) < 4.78 is 26.2. The van der Waals surface area contributed by atoms with Crippen LogP contribution >= 0.6 is 0 Å². The van der Waals surface area contributed by atoms with Crippen molar-refractivity contribution in [2.24, 2.45) is 5.73 Å². The molecule has 19 heavy (non-hydrogen) atoms. The van der Waals surface area contributed by atoms with E-state index in [2.05, 4.69) is 16.6 Å². The molecule has 0 saturated carbocycles. The van der Waals surface area contributed by atoms with Crippen molar-refractivity contribution in [3.8, 4) is 11.8 Å². The predicted molar refractivity (Wildman–Crippen MR) is 79.5 cm³/mol. The molecule has 0 radical (unpaired) electrons. The van der Waals surface area contributed by atoms with E-state index in [9.17, 15) is 8.42 Å². The summed E-state index contributed by atoms with van der Waals surface area (Å²) >= 11 is 0. The van der Waals surface area contributed by atoms with Crippen LogP contribution < -0.4 is 10.5 Å². The van der Waals surface area contributed by atoms with Crippen molar-refractivity contribution in [1.82, 2.24) is 0 Å². The zero-order valence-electron chi connectivity index (χ0n) is 11.4. The highest BCUT2D eigenvalue weighted by Gasteiger charge is 2.11. The van der Waals surface area contributed by atoms with E-state index in [4.69, 9.17) is 5.73 Å². The van der Waals surface area contributed by atoms with Gasteiger partial charge in [0.25, 0.3) is 0 Å². The van der Waals surface area contributed by atoms with Crippen molar-refractivity contribution in [1.29, 1.82) is 0 Å². The third-order valence-electron chi connectivity index (χ3n) is 2.56. The van der Waals surface area contributed by atoms with Crippen molar-refractivity contribution in [2.45, 2.75) is 26.7 Å². The Labute approximate surface area is 115 Å². The quantitative estimate of drug-likeness (QED) is 0.807. The lowest BCUT2D eigenvalue weighted by Crippen LogP contribution is -2.17. The Morgan fingerprint density at radius 2 is 2.05 bits per heavy atom. The summed E-state index contributed by atoms with van der Waals surface area (Å²) in [6.07, 6.45) is 1.33. The number of anilines is 1. The van der Waals surface area contributed by atoms with Crippen LogP contribution in [0.3, 0.4) is 0 Å². The first-order valence-electron chi connectivity index (χ1n) is 6.34. The normalized spacial score (nSPS) is 10.7. The van der Waals surface area contributed by atoms with Gasteiger partial charge in [0, 0.05) is 5.56 Å². The smallest absolute Gasteiger partial charge is 0.232 e. The van der Waals surface area contributed by atoms with Gasteiger partial charge in [0.05, 0.1) is 18.0 Å². The number of nitrogens with two attached hydrogens (primary N) is 1. The minimum absolute atomic E-state index is 0.130. The van der Waals surface area contributed by atoms with E-state index in [1.165, 1.54) is 0 Å². The molecule has 0 aliphatic carbocycles. The second-order valence-corrected chi connectivity index (χ2v) is 5.99. The largest absolute Gasteiger partial charge is 0.320 e. The average Bonchev–Trinajstić information content (AvgIpc) is 2.37. The summed E-state index contributed by atoms with van der Waals surface area (Å²) in [6.45, 7) is 4.13. The summed E-state index contributed by atoms with van der Waals surface area (Å²) in [4.78, 5) is 0. The van der Waals surface area contributed by atoms with Crippen molar-refractivity contribution in [3.63, 3.8) is 0 Å². The van der Waals surface area contributed by atoms with Crippen molar-refractivity contribution >= 4 is 15.7 Å². The Kier molecular flexibility index (Phi) is 5.87. The molecule has 0 spiro atoms. The minimum Gasteiger partial charge on any atom is -0.320 e. The summed E-state index contributed by atoms with van der Waals surface area (Å²) in [7, 11) is -3.25. The zero-order chi connectivity index (χ0) is 14.3. The molecule has 0 aliphatic rings. The molecule has 5 heteroatoms. The lowest BCUT2D eigenvalue weighted by atomic mass is 10.1. The molecule has 0 amide bonds. The van der Waals surface area contributed by atoms with Crippen LogP contribution in [0.25, 0.3) is 0 Å². The first kappa shape index (κ1) is 15.5. The van der Waals surface area contributed by atoms with Gasteiger partial charge < -0.3 is 5.73 Å². The Bertz CT molecular complexity index is 583. The van der Waals surface area contributed by atoms with Gasteiger partial charge in [-0.05, 0) is 36.6 Å². The summed E-state index contributed by atoms with van der Waals surface area (Å²) in [5.41, 5.74) is 7.74. The average molecular weight is 280 g/mol. The maximum Gasteiger partial charge on any atom is 0.232 e. The number of hydrogen-bond acceptors (Lipinski definition) is 3. The Morgan fingerprint density at radius 1 is 1.32 bits per heavy atom. The standard InChI is InChI=1S/C14H20N2O2S/c1-3-10-19(17,18)16-14-8-7-12(6-5-9-15)11-13(14)4-2/h7-8,11,16H,3-4,9-10,15H2,1-2H3. The maximum absolute atomic E-state index is 11.8. The second kappa shape index (κ2) is 7.17. The molecule has 0 unspecified atom stereocenters. The van der Waals surface area contributed by atoms with Crippen LogP contribution in [0.5, 0.6) is 0 Å². The highest BCUT2D eigenvalue weighted by Crippen LogP contribution is 2.19. The third-order valence-corrected chi connectivity index (χ3v) is 4.04. The fraction of sp³-hybridized carbons (Fsp3) is 0.429. The number of benzene rings is 1. The molecule has 0 heterocycles. The zero-order valence-corrected chi connectivity index (χ0v) is 12.2. The van der Waals surface area contributed by atoms with Gasteiger partial charge in [-0.15, -0.1) is 0 Å². The van der Waals surface area contributed by atoms with Crippen LogP contribution in [0, 0.1) is 11.8 Å². The van der Waals surface area contributed by atoms with Crippen LogP contribution in [0.1, 0.15) is 31.4 Å². The maximum atomic E-state index is 11.8. The highest BCUT2D eigenvalue weighted by molar-refractivity contribution is 7.92. The molecular formula is C14H20N2O2S. The number of nitrogens with one attached hydrogen (secondary N) is 1. The molecule has 0 atom stereocenters. The van der Waals surface area contributed by atoms with E-state index in [-0.39, 0.29) is 5.75 Å². The van der Waals surface area contributed by atoms with E-state index in [1.54, 1.807) is 12.1 Å². The fourth-order valence-electron chi connectivity index (χ4n) is 1.70. The monoisotopic (exact) mass is 280 g/mol. The molecule has 0 fully saturated rings. The number of rotatable bonds is 5. The van der Waals surface area contributed by atoms with Gasteiger partial charge in [-0.2, -0.15) is 0 Å². The first-order chi connectivity index (χ1) is 9.02. The number of hydrogen-bond donors (Lipinski definition) is 2. The van der Waals surface area contributed by atoms with Crippen LogP contribution in [0.2, 0.25) is 0 Å². The molecule has 104 valence electrons. The van der Waals surface area contributed by atoms with Gasteiger partial charge in [0.1, 0.15) is 0 Å². The number of aryl methyl sites for hydroxylation is 1. The molecule has 1 aromatic carbocycles. The molecule has 4 nitrogen and oxygen atoms in total. The molecule has 3 N–H and O–H groups in total. The van der Waals surface area contributed by atoms with Gasteiger partial charge in [-0.25, -0.2) is 8.42 Å². The minimum atomic E-state index is -3.25. The first-order valence-corrected chi connectivity index (χ1v) is 8.00. The Balaban J connectivity index is 3.03. The highest BCUT2D eigenvalue weighted by atomic mass is 32.2. The lowest BCUT2D eigenvalue weighted by Gasteiger charge is -2.11. The third kappa shape index (κ3) is 4.93. The molecule has 0 aliphatic heterocycles.